The lowest BCUT2D eigenvalue weighted by molar-refractivity contribution is 0.116. The van der Waals surface area contributed by atoms with E-state index >= 15 is 0 Å². The van der Waals surface area contributed by atoms with Gasteiger partial charge in [0.15, 0.2) is 0 Å². The van der Waals surface area contributed by atoms with Gasteiger partial charge in [-0.25, -0.2) is 0 Å². The Labute approximate surface area is 94.5 Å². The van der Waals surface area contributed by atoms with Crippen LogP contribution in [-0.4, -0.2) is 23.8 Å². The van der Waals surface area contributed by atoms with Crippen LogP contribution in [0.15, 0.2) is 0 Å². The smallest absolute Gasteiger partial charge is 0.0613 e. The second kappa shape index (κ2) is 6.49. The number of aliphatic hydroxyl groups is 1. The van der Waals surface area contributed by atoms with Crippen molar-refractivity contribution >= 4 is 0 Å². The molecular formula is C13H27NO. The fourth-order valence-electron chi connectivity index (χ4n) is 2.60. The molecule has 0 aromatic heterocycles. The summed E-state index contributed by atoms with van der Waals surface area (Å²) in [6, 6.07) is 0. The van der Waals surface area contributed by atoms with Gasteiger partial charge in [-0.3, -0.25) is 0 Å². The molecule has 2 N–H and O–H groups in total. The van der Waals surface area contributed by atoms with Crippen molar-refractivity contribution in [2.24, 2.45) is 5.92 Å². The molecule has 15 heavy (non-hydrogen) atoms. The van der Waals surface area contributed by atoms with Gasteiger partial charge in [0.1, 0.15) is 0 Å². The third-order valence-corrected chi connectivity index (χ3v) is 3.72. The van der Waals surface area contributed by atoms with Crippen molar-refractivity contribution in [3.05, 3.63) is 0 Å². The average Bonchev–Trinajstić information content (AvgIpc) is 2.28. The van der Waals surface area contributed by atoms with Gasteiger partial charge in [-0.1, -0.05) is 39.5 Å². The molecule has 1 saturated carbocycles. The highest BCUT2D eigenvalue weighted by molar-refractivity contribution is 4.90. The van der Waals surface area contributed by atoms with Crippen LogP contribution in [0.25, 0.3) is 0 Å². The number of nitrogens with one attached hydrogen (secondary N) is 1. The minimum atomic E-state index is 0.0558. The van der Waals surface area contributed by atoms with Crippen molar-refractivity contribution < 1.29 is 5.11 Å². The van der Waals surface area contributed by atoms with Crippen LogP contribution in [0.5, 0.6) is 0 Å². The van der Waals surface area contributed by atoms with Crippen LogP contribution in [0.2, 0.25) is 0 Å². The summed E-state index contributed by atoms with van der Waals surface area (Å²) in [6.45, 7) is 5.91. The minimum Gasteiger partial charge on any atom is -0.394 e. The Morgan fingerprint density at radius 2 is 1.93 bits per heavy atom. The van der Waals surface area contributed by atoms with Crippen LogP contribution >= 0.6 is 0 Å². The number of hydrogen-bond acceptors (Lipinski definition) is 2. The van der Waals surface area contributed by atoms with E-state index < -0.39 is 0 Å². The Balaban J connectivity index is 2.32. The molecule has 1 fully saturated rings. The van der Waals surface area contributed by atoms with Crippen LogP contribution in [0.1, 0.15) is 58.8 Å². The molecule has 1 rings (SSSR count). The maximum absolute atomic E-state index is 9.52. The van der Waals surface area contributed by atoms with Crippen LogP contribution < -0.4 is 5.32 Å². The average molecular weight is 213 g/mol. The molecule has 0 bridgehead atoms. The van der Waals surface area contributed by atoms with E-state index in [1.807, 2.05) is 0 Å². The first kappa shape index (κ1) is 13.0. The Kier molecular flexibility index (Phi) is 5.62. The van der Waals surface area contributed by atoms with Gasteiger partial charge in [0.05, 0.1) is 6.61 Å². The van der Waals surface area contributed by atoms with Crippen molar-refractivity contribution in [2.75, 3.05) is 13.2 Å². The Bertz CT molecular complexity index is 164. The van der Waals surface area contributed by atoms with E-state index in [1.165, 1.54) is 32.1 Å². The maximum Gasteiger partial charge on any atom is 0.0613 e. The summed E-state index contributed by atoms with van der Waals surface area (Å²) in [5, 5.41) is 13.1. The fraction of sp³-hybridized carbons (Fsp3) is 1.00. The van der Waals surface area contributed by atoms with Gasteiger partial charge in [-0.2, -0.15) is 0 Å². The molecule has 1 atom stereocenters. The zero-order valence-electron chi connectivity index (χ0n) is 10.4. The van der Waals surface area contributed by atoms with Crippen LogP contribution in [0.4, 0.5) is 0 Å². The van der Waals surface area contributed by atoms with Crippen LogP contribution in [0, 0.1) is 5.92 Å². The molecule has 1 aliphatic rings. The normalized spacial score (nSPS) is 22.6. The summed E-state index contributed by atoms with van der Waals surface area (Å²) in [5.41, 5.74) is 0.0558. The molecule has 1 aliphatic carbocycles. The standard InChI is InChI=1S/C13H27NO/c1-3-7-12(2)10-14-13(11-15)8-5-4-6-9-13/h12,14-15H,3-11H2,1-2H3. The monoisotopic (exact) mass is 213 g/mol. The molecule has 0 spiro atoms. The van der Waals surface area contributed by atoms with Crippen molar-refractivity contribution in [1.29, 1.82) is 0 Å². The topological polar surface area (TPSA) is 32.3 Å². The second-order valence-electron chi connectivity index (χ2n) is 5.27. The van der Waals surface area contributed by atoms with Crippen molar-refractivity contribution in [1.82, 2.24) is 5.32 Å². The van der Waals surface area contributed by atoms with E-state index in [1.54, 1.807) is 0 Å². The first-order valence-electron chi connectivity index (χ1n) is 6.58. The largest absolute Gasteiger partial charge is 0.394 e. The SMILES string of the molecule is CCCC(C)CNC1(CO)CCCCC1. The van der Waals surface area contributed by atoms with Crippen LogP contribution in [0.3, 0.4) is 0 Å². The molecular weight excluding hydrogens is 186 g/mol. The van der Waals surface area contributed by atoms with Gasteiger partial charge < -0.3 is 10.4 Å². The summed E-state index contributed by atoms with van der Waals surface area (Å²) in [4.78, 5) is 0. The van der Waals surface area contributed by atoms with Crippen molar-refractivity contribution in [2.45, 2.75) is 64.3 Å². The van der Waals surface area contributed by atoms with E-state index in [0.29, 0.717) is 6.61 Å². The van der Waals surface area contributed by atoms with Gasteiger partial charge in [0, 0.05) is 5.54 Å². The number of hydrogen-bond donors (Lipinski definition) is 2. The van der Waals surface area contributed by atoms with Gasteiger partial charge in [0.2, 0.25) is 0 Å². The molecule has 90 valence electrons. The third kappa shape index (κ3) is 4.12. The second-order valence-corrected chi connectivity index (χ2v) is 5.27. The fourth-order valence-corrected chi connectivity index (χ4v) is 2.60. The minimum absolute atomic E-state index is 0.0558. The van der Waals surface area contributed by atoms with Crippen molar-refractivity contribution in [3.63, 3.8) is 0 Å². The lowest BCUT2D eigenvalue weighted by atomic mass is 9.82. The van der Waals surface area contributed by atoms with E-state index in [9.17, 15) is 5.11 Å². The molecule has 0 saturated heterocycles. The summed E-state index contributed by atoms with van der Waals surface area (Å²) in [5.74, 6) is 0.736. The molecule has 1 unspecified atom stereocenters. The van der Waals surface area contributed by atoms with Gasteiger partial charge in [-0.15, -0.1) is 0 Å². The molecule has 2 nitrogen and oxygen atoms in total. The Morgan fingerprint density at radius 3 is 2.47 bits per heavy atom. The van der Waals surface area contributed by atoms with Crippen LogP contribution in [-0.2, 0) is 0 Å². The molecule has 0 aromatic rings. The molecule has 0 aliphatic heterocycles. The predicted octanol–water partition coefficient (Wildman–Crippen LogP) is 2.71. The Hall–Kier alpha value is -0.0800. The van der Waals surface area contributed by atoms with E-state index in [0.717, 1.165) is 25.3 Å². The molecule has 0 amide bonds. The molecule has 0 aromatic carbocycles. The predicted molar refractivity (Wildman–Crippen MR) is 65.0 cm³/mol. The summed E-state index contributed by atoms with van der Waals surface area (Å²) < 4.78 is 0. The highest BCUT2D eigenvalue weighted by atomic mass is 16.3. The maximum atomic E-state index is 9.52. The number of rotatable bonds is 6. The number of aliphatic hydroxyl groups excluding tert-OH is 1. The zero-order chi connectivity index (χ0) is 11.1. The third-order valence-electron chi connectivity index (χ3n) is 3.72. The van der Waals surface area contributed by atoms with E-state index in [-0.39, 0.29) is 5.54 Å². The van der Waals surface area contributed by atoms with Crippen molar-refractivity contribution in [3.8, 4) is 0 Å². The van der Waals surface area contributed by atoms with E-state index in [2.05, 4.69) is 19.2 Å². The highest BCUT2D eigenvalue weighted by Gasteiger charge is 2.30. The highest BCUT2D eigenvalue weighted by Crippen LogP contribution is 2.27. The summed E-state index contributed by atoms with van der Waals surface area (Å²) >= 11 is 0. The molecule has 0 heterocycles. The van der Waals surface area contributed by atoms with Gasteiger partial charge >= 0.3 is 0 Å². The lowest BCUT2D eigenvalue weighted by Gasteiger charge is -2.37. The quantitative estimate of drug-likeness (QED) is 0.711. The molecule has 0 radical (unpaired) electrons. The van der Waals surface area contributed by atoms with Gasteiger partial charge in [-0.05, 0) is 31.7 Å². The molecule has 2 heteroatoms. The van der Waals surface area contributed by atoms with Gasteiger partial charge in [0.25, 0.3) is 0 Å². The summed E-state index contributed by atoms with van der Waals surface area (Å²) in [7, 11) is 0. The summed E-state index contributed by atoms with van der Waals surface area (Å²) in [6.07, 6.45) is 8.74. The lowest BCUT2D eigenvalue weighted by Crippen LogP contribution is -2.51. The first-order valence-corrected chi connectivity index (χ1v) is 6.58. The first-order chi connectivity index (χ1) is 7.22. The Morgan fingerprint density at radius 1 is 1.27 bits per heavy atom. The van der Waals surface area contributed by atoms with E-state index in [4.69, 9.17) is 0 Å². The zero-order valence-corrected chi connectivity index (χ0v) is 10.4.